The summed E-state index contributed by atoms with van der Waals surface area (Å²) < 4.78 is 0. The van der Waals surface area contributed by atoms with Gasteiger partial charge in [-0.25, -0.2) is 4.98 Å². The monoisotopic (exact) mass is 200 g/mol. The lowest BCUT2D eigenvalue weighted by Crippen LogP contribution is -2.17. The molecule has 0 aliphatic carbocycles. The second-order valence-corrected chi connectivity index (χ2v) is 4.18. The highest BCUT2D eigenvalue weighted by atomic mass is 32.1. The van der Waals surface area contributed by atoms with E-state index in [0.29, 0.717) is 0 Å². The van der Waals surface area contributed by atoms with Crippen molar-refractivity contribution in [3.8, 4) is 0 Å². The molecule has 0 saturated carbocycles. The maximum atomic E-state index is 9.30. The second kappa shape index (κ2) is 4.58. The molecule has 0 saturated heterocycles. The maximum absolute atomic E-state index is 9.30. The molecule has 1 N–H and O–H groups in total. The normalized spacial score (nSPS) is 12.9. The average Bonchev–Trinajstić information content (AvgIpc) is 2.52. The largest absolute Gasteiger partial charge is 0.388 e. The average molecular weight is 200 g/mol. The van der Waals surface area contributed by atoms with E-state index >= 15 is 0 Å². The zero-order chi connectivity index (χ0) is 9.84. The number of aliphatic hydroxyl groups excluding tert-OH is 1. The minimum Gasteiger partial charge on any atom is -0.388 e. The van der Waals surface area contributed by atoms with E-state index in [4.69, 9.17) is 0 Å². The van der Waals surface area contributed by atoms with E-state index in [9.17, 15) is 5.11 Å². The molecule has 1 rings (SSSR count). The first kappa shape index (κ1) is 10.5. The molecule has 0 amide bonds. The van der Waals surface area contributed by atoms with E-state index in [1.165, 1.54) is 0 Å². The summed E-state index contributed by atoms with van der Waals surface area (Å²) >= 11 is 1.55. The highest BCUT2D eigenvalue weighted by Gasteiger charge is 2.08. The topological polar surface area (TPSA) is 36.4 Å². The number of aliphatic hydroxyl groups is 1. The van der Waals surface area contributed by atoms with Gasteiger partial charge in [-0.2, -0.15) is 0 Å². The van der Waals surface area contributed by atoms with Gasteiger partial charge < -0.3 is 10.0 Å². The molecule has 3 nitrogen and oxygen atoms in total. The van der Waals surface area contributed by atoms with Crippen LogP contribution in [0.4, 0.5) is 5.13 Å². The van der Waals surface area contributed by atoms with E-state index in [0.717, 1.165) is 23.0 Å². The Bertz CT molecular complexity index is 260. The van der Waals surface area contributed by atoms with Crippen LogP contribution < -0.4 is 4.90 Å². The summed E-state index contributed by atoms with van der Waals surface area (Å²) in [7, 11) is 2.02. The molecule has 4 heteroatoms. The molecule has 74 valence electrons. The van der Waals surface area contributed by atoms with Crippen LogP contribution >= 0.6 is 11.3 Å². The number of rotatable bonds is 4. The lowest BCUT2D eigenvalue weighted by atomic mass is 10.4. The molecule has 1 aromatic heterocycles. The van der Waals surface area contributed by atoms with Gasteiger partial charge in [-0.05, 0) is 13.3 Å². The van der Waals surface area contributed by atoms with Gasteiger partial charge in [0.05, 0.1) is 11.0 Å². The highest BCUT2D eigenvalue weighted by molar-refractivity contribution is 7.15. The summed E-state index contributed by atoms with van der Waals surface area (Å²) in [6.45, 7) is 4.91. The number of hydrogen-bond acceptors (Lipinski definition) is 4. The van der Waals surface area contributed by atoms with Gasteiger partial charge in [-0.15, -0.1) is 0 Å². The van der Waals surface area contributed by atoms with E-state index in [1.54, 1.807) is 24.5 Å². The lowest BCUT2D eigenvalue weighted by molar-refractivity contribution is 0.203. The molecular formula is C9H16N2OS. The van der Waals surface area contributed by atoms with Gasteiger partial charge in [0.1, 0.15) is 0 Å². The van der Waals surface area contributed by atoms with Gasteiger partial charge in [-0.1, -0.05) is 18.3 Å². The zero-order valence-corrected chi connectivity index (χ0v) is 9.14. The van der Waals surface area contributed by atoms with Crippen molar-refractivity contribution in [2.45, 2.75) is 26.4 Å². The molecule has 0 spiro atoms. The smallest absolute Gasteiger partial charge is 0.185 e. The van der Waals surface area contributed by atoms with Crippen LogP contribution in [-0.2, 0) is 0 Å². The number of hydrogen-bond donors (Lipinski definition) is 1. The van der Waals surface area contributed by atoms with Crippen LogP contribution in [0.15, 0.2) is 6.20 Å². The van der Waals surface area contributed by atoms with Gasteiger partial charge >= 0.3 is 0 Å². The van der Waals surface area contributed by atoms with Crippen LogP contribution in [0.25, 0.3) is 0 Å². The van der Waals surface area contributed by atoms with Crippen molar-refractivity contribution < 1.29 is 5.11 Å². The van der Waals surface area contributed by atoms with Crippen molar-refractivity contribution in [3.05, 3.63) is 11.1 Å². The molecule has 1 atom stereocenters. The number of aromatic nitrogens is 1. The fraction of sp³-hybridized carbons (Fsp3) is 0.667. The van der Waals surface area contributed by atoms with E-state index in [-0.39, 0.29) is 0 Å². The Morgan fingerprint density at radius 3 is 2.85 bits per heavy atom. The van der Waals surface area contributed by atoms with Crippen molar-refractivity contribution in [3.63, 3.8) is 0 Å². The number of anilines is 1. The Labute approximate surface area is 83.0 Å². The maximum Gasteiger partial charge on any atom is 0.185 e. The van der Waals surface area contributed by atoms with Crippen molar-refractivity contribution >= 4 is 16.5 Å². The van der Waals surface area contributed by atoms with Crippen LogP contribution in [0.5, 0.6) is 0 Å². The summed E-state index contributed by atoms with van der Waals surface area (Å²) in [4.78, 5) is 7.28. The lowest BCUT2D eigenvalue weighted by Gasteiger charge is -2.13. The third-order valence-corrected chi connectivity index (χ3v) is 3.09. The van der Waals surface area contributed by atoms with Gasteiger partial charge in [0.2, 0.25) is 0 Å². The minimum atomic E-state index is -0.402. The molecular weight excluding hydrogens is 184 g/mol. The van der Waals surface area contributed by atoms with Crippen LogP contribution in [0.1, 0.15) is 31.2 Å². The molecule has 0 radical (unpaired) electrons. The molecule has 0 aliphatic heterocycles. The van der Waals surface area contributed by atoms with E-state index in [1.807, 2.05) is 7.05 Å². The molecule has 13 heavy (non-hydrogen) atoms. The van der Waals surface area contributed by atoms with E-state index < -0.39 is 6.10 Å². The Balaban J connectivity index is 2.67. The van der Waals surface area contributed by atoms with Crippen molar-refractivity contribution in [1.82, 2.24) is 4.98 Å². The Morgan fingerprint density at radius 2 is 2.38 bits per heavy atom. The standard InChI is InChI=1S/C9H16N2OS/c1-4-5-11(3)9-10-6-8(13-9)7(2)12/h6-7,12H,4-5H2,1-3H3. The summed E-state index contributed by atoms with van der Waals surface area (Å²) in [6, 6.07) is 0. The van der Waals surface area contributed by atoms with Crippen LogP contribution in [0.2, 0.25) is 0 Å². The number of nitrogens with zero attached hydrogens (tertiary/aromatic N) is 2. The molecule has 0 aliphatic rings. The third-order valence-electron chi connectivity index (χ3n) is 1.81. The summed E-state index contributed by atoms with van der Waals surface area (Å²) in [5.41, 5.74) is 0. The predicted molar refractivity (Wildman–Crippen MR) is 56.3 cm³/mol. The zero-order valence-electron chi connectivity index (χ0n) is 8.32. The highest BCUT2D eigenvalue weighted by Crippen LogP contribution is 2.26. The van der Waals surface area contributed by atoms with Crippen molar-refractivity contribution in [2.75, 3.05) is 18.5 Å². The summed E-state index contributed by atoms with van der Waals surface area (Å²) in [5.74, 6) is 0. The number of thiazole rings is 1. The van der Waals surface area contributed by atoms with Crippen LogP contribution in [-0.4, -0.2) is 23.7 Å². The fourth-order valence-corrected chi connectivity index (χ4v) is 1.92. The Kier molecular flexibility index (Phi) is 3.69. The molecule has 0 fully saturated rings. The Hall–Kier alpha value is -0.610. The summed E-state index contributed by atoms with van der Waals surface area (Å²) in [6.07, 6.45) is 2.46. The fourth-order valence-electron chi connectivity index (χ4n) is 1.08. The van der Waals surface area contributed by atoms with Gasteiger partial charge in [0.25, 0.3) is 0 Å². The van der Waals surface area contributed by atoms with Crippen molar-refractivity contribution in [2.24, 2.45) is 0 Å². The minimum absolute atomic E-state index is 0.402. The van der Waals surface area contributed by atoms with Crippen LogP contribution in [0, 0.1) is 0 Å². The SMILES string of the molecule is CCCN(C)c1ncc(C(C)O)s1. The molecule has 0 bridgehead atoms. The first-order valence-electron chi connectivity index (χ1n) is 4.50. The molecule has 1 heterocycles. The Morgan fingerprint density at radius 1 is 1.69 bits per heavy atom. The molecule has 0 aromatic carbocycles. The first-order chi connectivity index (χ1) is 6.15. The van der Waals surface area contributed by atoms with Gasteiger partial charge in [0, 0.05) is 19.8 Å². The summed E-state index contributed by atoms with van der Waals surface area (Å²) in [5, 5.41) is 10.3. The molecule has 1 unspecified atom stereocenters. The van der Waals surface area contributed by atoms with Crippen molar-refractivity contribution in [1.29, 1.82) is 0 Å². The quantitative estimate of drug-likeness (QED) is 0.808. The predicted octanol–water partition coefficient (Wildman–Crippen LogP) is 2.04. The second-order valence-electron chi connectivity index (χ2n) is 3.14. The van der Waals surface area contributed by atoms with Gasteiger partial charge in [0.15, 0.2) is 5.13 Å². The first-order valence-corrected chi connectivity index (χ1v) is 5.31. The van der Waals surface area contributed by atoms with Crippen LogP contribution in [0.3, 0.4) is 0 Å². The molecule has 1 aromatic rings. The third kappa shape index (κ3) is 2.67. The van der Waals surface area contributed by atoms with E-state index in [2.05, 4.69) is 16.8 Å². The van der Waals surface area contributed by atoms with Gasteiger partial charge in [-0.3, -0.25) is 0 Å².